The third-order valence-electron chi connectivity index (χ3n) is 1.46. The van der Waals surface area contributed by atoms with E-state index in [0.717, 1.165) is 0 Å². The van der Waals surface area contributed by atoms with Crippen molar-refractivity contribution >= 4 is 59.8 Å². The molecular weight excluding hydrogens is 292 g/mol. The van der Waals surface area contributed by atoms with Gasteiger partial charge >= 0.3 is 49.7 Å². The van der Waals surface area contributed by atoms with Crippen molar-refractivity contribution in [2.45, 2.75) is 13.3 Å². The summed E-state index contributed by atoms with van der Waals surface area (Å²) >= 11 is 0. The fraction of sp³-hybridized carbons (Fsp3) is 0.556. The summed E-state index contributed by atoms with van der Waals surface area (Å²) in [4.78, 5) is 21.8. The van der Waals surface area contributed by atoms with Crippen molar-refractivity contribution in [2.75, 3.05) is 19.0 Å². The number of carbonyl (C=O) groups is 2. The van der Waals surface area contributed by atoms with Gasteiger partial charge in [-0.25, -0.2) is 4.79 Å². The largest absolute Gasteiger partial charge is 2.00 e. The van der Waals surface area contributed by atoms with E-state index in [1.165, 1.54) is 12.2 Å². The molecule has 0 heterocycles. The summed E-state index contributed by atoms with van der Waals surface area (Å²) in [5.74, 6) is -1.93. The molecule has 0 amide bonds. The minimum Gasteiger partial charge on any atom is -1.00 e. The van der Waals surface area contributed by atoms with Crippen molar-refractivity contribution in [3.63, 3.8) is 0 Å². The van der Waals surface area contributed by atoms with Crippen molar-refractivity contribution in [3.8, 4) is 0 Å². The molecule has 0 aliphatic carbocycles. The molecule has 18 heavy (non-hydrogen) atoms. The maximum atomic E-state index is 11.0. The molecule has 0 rings (SSSR count). The van der Waals surface area contributed by atoms with Gasteiger partial charge in [0, 0.05) is 6.08 Å². The van der Waals surface area contributed by atoms with E-state index in [2.05, 4.69) is 9.47 Å². The second-order valence-electron chi connectivity index (χ2n) is 2.92. The molecule has 0 saturated heterocycles. The SMILES string of the molecule is CC=CC(=O)OCCC(=O)OCCS(=O)(=O)O.[Ca+2].[H-].[H-]. The number of rotatable bonds is 7. The summed E-state index contributed by atoms with van der Waals surface area (Å²) in [6, 6.07) is 0. The van der Waals surface area contributed by atoms with Gasteiger partial charge in [-0.05, 0) is 6.92 Å². The third kappa shape index (κ3) is 13.9. The molecule has 0 aromatic rings. The standard InChI is InChI=1S/C9H14O7S.Ca.2H/c1-2-3-8(10)15-5-4-9(11)16-6-7-17(12,13)14;;;/h2-3H,4-7H2,1H3,(H,12,13,14);;;/q;+2;2*-1. The van der Waals surface area contributed by atoms with Crippen LogP contribution in [0.1, 0.15) is 16.2 Å². The van der Waals surface area contributed by atoms with Crippen LogP contribution in [0, 0.1) is 0 Å². The molecule has 0 aliphatic rings. The molecule has 0 bridgehead atoms. The van der Waals surface area contributed by atoms with Crippen LogP contribution < -0.4 is 0 Å². The van der Waals surface area contributed by atoms with Crippen molar-refractivity contribution in [1.29, 1.82) is 0 Å². The smallest absolute Gasteiger partial charge is 1.00 e. The molecule has 7 nitrogen and oxygen atoms in total. The first-order valence-electron chi connectivity index (χ1n) is 4.75. The van der Waals surface area contributed by atoms with E-state index in [9.17, 15) is 18.0 Å². The Morgan fingerprint density at radius 2 is 1.89 bits per heavy atom. The first-order valence-corrected chi connectivity index (χ1v) is 6.36. The molecule has 102 valence electrons. The maximum absolute atomic E-state index is 11.0. The predicted molar refractivity (Wildman–Crippen MR) is 65.7 cm³/mol. The normalized spacial score (nSPS) is 10.8. The monoisotopic (exact) mass is 308 g/mol. The van der Waals surface area contributed by atoms with Gasteiger partial charge in [-0.1, -0.05) is 6.08 Å². The van der Waals surface area contributed by atoms with E-state index >= 15 is 0 Å². The van der Waals surface area contributed by atoms with E-state index in [-0.39, 0.29) is 53.6 Å². The first kappa shape index (κ1) is 20.2. The summed E-state index contributed by atoms with van der Waals surface area (Å²) in [7, 11) is -4.13. The van der Waals surface area contributed by atoms with Gasteiger partial charge in [0.2, 0.25) is 0 Å². The average molecular weight is 308 g/mol. The zero-order valence-corrected chi connectivity index (χ0v) is 13.0. The Kier molecular flexibility index (Phi) is 12.0. The molecule has 0 atom stereocenters. The molecule has 0 unspecified atom stereocenters. The summed E-state index contributed by atoms with van der Waals surface area (Å²) in [6.07, 6.45) is 2.52. The number of allylic oxidation sites excluding steroid dienone is 1. The number of hydrogen-bond donors (Lipinski definition) is 1. The van der Waals surface area contributed by atoms with Crippen LogP contribution in [-0.2, 0) is 29.2 Å². The van der Waals surface area contributed by atoms with Gasteiger partial charge in [0.15, 0.2) is 0 Å². The second-order valence-corrected chi connectivity index (χ2v) is 4.50. The van der Waals surface area contributed by atoms with E-state index in [4.69, 9.17) is 4.55 Å². The first-order chi connectivity index (χ1) is 7.85. The zero-order valence-electron chi connectivity index (χ0n) is 12.0. The molecule has 0 aromatic heterocycles. The van der Waals surface area contributed by atoms with Gasteiger partial charge in [-0.15, -0.1) is 0 Å². The molecule has 1 N–H and O–H groups in total. The topological polar surface area (TPSA) is 107 Å². The fourth-order valence-electron chi connectivity index (χ4n) is 0.752. The van der Waals surface area contributed by atoms with Crippen LogP contribution in [0.25, 0.3) is 0 Å². The number of hydrogen-bond acceptors (Lipinski definition) is 6. The Morgan fingerprint density at radius 3 is 2.39 bits per heavy atom. The van der Waals surface area contributed by atoms with Crippen LogP contribution in [0.5, 0.6) is 0 Å². The van der Waals surface area contributed by atoms with Crippen LogP contribution in [0.4, 0.5) is 0 Å². The molecular formula is C9H16CaO7S. The van der Waals surface area contributed by atoms with Crippen LogP contribution in [0.3, 0.4) is 0 Å². The minimum absolute atomic E-state index is 0. The van der Waals surface area contributed by atoms with Gasteiger partial charge in [-0.3, -0.25) is 9.35 Å². The van der Waals surface area contributed by atoms with Crippen molar-refractivity contribution in [3.05, 3.63) is 12.2 Å². The van der Waals surface area contributed by atoms with E-state index in [0.29, 0.717) is 0 Å². The molecule has 0 radical (unpaired) electrons. The summed E-state index contributed by atoms with van der Waals surface area (Å²) in [5, 5.41) is 0. The maximum Gasteiger partial charge on any atom is 2.00 e. The third-order valence-corrected chi connectivity index (χ3v) is 2.14. The van der Waals surface area contributed by atoms with Crippen molar-refractivity contribution < 1.29 is 34.9 Å². The van der Waals surface area contributed by atoms with Gasteiger partial charge < -0.3 is 12.3 Å². The average Bonchev–Trinajstić information content (AvgIpc) is 2.16. The minimum atomic E-state index is -4.13. The Bertz CT molecular complexity index is 397. The van der Waals surface area contributed by atoms with Gasteiger partial charge in [0.1, 0.15) is 19.0 Å². The van der Waals surface area contributed by atoms with Crippen LogP contribution in [0.2, 0.25) is 0 Å². The van der Waals surface area contributed by atoms with Gasteiger partial charge in [0.05, 0.1) is 6.42 Å². The summed E-state index contributed by atoms with van der Waals surface area (Å²) in [6.45, 7) is 1.07. The quantitative estimate of drug-likeness (QED) is 0.299. The van der Waals surface area contributed by atoms with E-state index in [1.54, 1.807) is 6.92 Å². The van der Waals surface area contributed by atoms with Crippen molar-refractivity contribution in [1.82, 2.24) is 0 Å². The summed E-state index contributed by atoms with van der Waals surface area (Å²) in [5.41, 5.74) is 0. The van der Waals surface area contributed by atoms with E-state index in [1.807, 2.05) is 0 Å². The molecule has 0 aliphatic heterocycles. The molecule has 0 aromatic carbocycles. The van der Waals surface area contributed by atoms with Gasteiger partial charge in [0.25, 0.3) is 10.1 Å². The van der Waals surface area contributed by atoms with Crippen LogP contribution in [0.15, 0.2) is 12.2 Å². The van der Waals surface area contributed by atoms with Crippen LogP contribution >= 0.6 is 0 Å². The summed E-state index contributed by atoms with van der Waals surface area (Å²) < 4.78 is 38.0. The molecule has 0 saturated carbocycles. The Labute approximate surface area is 138 Å². The Morgan fingerprint density at radius 1 is 1.28 bits per heavy atom. The Balaban J connectivity index is -0.000000427. The zero-order chi connectivity index (χ0) is 13.3. The number of ether oxygens (including phenoxy) is 2. The second kappa shape index (κ2) is 10.7. The fourth-order valence-corrected chi connectivity index (χ4v) is 1.05. The van der Waals surface area contributed by atoms with Crippen LogP contribution in [-0.4, -0.2) is 81.6 Å². The molecule has 0 fully saturated rings. The Hall–Kier alpha value is -0.150. The number of esters is 2. The van der Waals surface area contributed by atoms with Gasteiger partial charge in [-0.2, -0.15) is 8.42 Å². The predicted octanol–water partition coefficient (Wildman–Crippen LogP) is -0.229. The van der Waals surface area contributed by atoms with E-state index < -0.39 is 34.4 Å². The molecule has 0 spiro atoms. The molecule has 9 heteroatoms. The van der Waals surface area contributed by atoms with Crippen molar-refractivity contribution in [2.24, 2.45) is 0 Å². The number of carbonyl (C=O) groups excluding carboxylic acids is 2.